The molecular formula is C42H30N4O9. The van der Waals surface area contributed by atoms with Gasteiger partial charge in [0.1, 0.15) is 28.6 Å². The van der Waals surface area contributed by atoms with E-state index in [1.54, 1.807) is 114 Å². The Kier molecular flexibility index (Phi) is 9.17. The summed E-state index contributed by atoms with van der Waals surface area (Å²) < 4.78 is 22.5. The van der Waals surface area contributed by atoms with Crippen LogP contribution in [-0.4, -0.2) is 73.2 Å². The van der Waals surface area contributed by atoms with Crippen molar-refractivity contribution < 1.29 is 42.9 Å². The fourth-order valence-corrected chi connectivity index (χ4v) is 7.30. The summed E-state index contributed by atoms with van der Waals surface area (Å²) in [5.74, 6) is -4.98. The predicted octanol–water partition coefficient (Wildman–Crippen LogP) is 4.61. The van der Waals surface area contributed by atoms with Gasteiger partial charge in [-0.25, -0.2) is 24.2 Å². The smallest absolute Gasteiger partial charge is 0.357 e. The SMILES string of the molecule is COC(=O)C1=C(C(=O)OC)N2N=C(c3ccccc3)c3c(c4cc(C(=O)c5ccccc5)ccn4c3C#N)C2(c2ccccc2)C(C(=O)OC)=C1C(=O)OC. The Morgan fingerprint density at radius 3 is 1.82 bits per heavy atom. The Morgan fingerprint density at radius 2 is 1.24 bits per heavy atom. The minimum atomic E-state index is -2.19. The number of hydrazone groups is 1. The second-order valence-electron chi connectivity index (χ2n) is 12.2. The van der Waals surface area contributed by atoms with Crippen molar-refractivity contribution >= 4 is 40.9 Å². The van der Waals surface area contributed by atoms with Gasteiger partial charge in [0.05, 0.1) is 45.1 Å². The second kappa shape index (κ2) is 14.1. The average molecular weight is 735 g/mol. The third kappa shape index (κ3) is 5.30. The molecular weight excluding hydrogens is 704 g/mol. The number of methoxy groups -OCH3 is 4. The number of ether oxygens (including phenoxy) is 4. The third-order valence-corrected chi connectivity index (χ3v) is 9.56. The topological polar surface area (TPSA) is 166 Å². The Balaban J connectivity index is 1.80. The van der Waals surface area contributed by atoms with E-state index in [-0.39, 0.29) is 45.0 Å². The number of nitriles is 1. The van der Waals surface area contributed by atoms with Crippen molar-refractivity contribution in [1.29, 1.82) is 5.26 Å². The zero-order valence-corrected chi connectivity index (χ0v) is 29.9. The minimum absolute atomic E-state index is 0.0486. The number of fused-ring (bicyclic) bond motifs is 5. The molecule has 0 amide bonds. The van der Waals surface area contributed by atoms with Gasteiger partial charge in [0.2, 0.25) is 0 Å². The molecule has 3 aromatic carbocycles. The highest BCUT2D eigenvalue weighted by Crippen LogP contribution is 2.56. The number of hydrogen-bond donors (Lipinski definition) is 0. The first-order valence-corrected chi connectivity index (χ1v) is 16.7. The van der Waals surface area contributed by atoms with Crippen LogP contribution in [0.25, 0.3) is 5.52 Å². The number of esters is 4. The lowest BCUT2D eigenvalue weighted by Crippen LogP contribution is -2.56. The van der Waals surface area contributed by atoms with E-state index in [1.165, 1.54) is 0 Å². The standard InChI is InChI=1S/C42H30N4O9/c1-52-38(48)31-32(39(49)53-2)36(41(51)55-4)46-42(34(31)40(50)54-3,27-18-12-7-13-19-27)33-28-22-26(37(47)25-16-10-6-11-17-25)20-21-45(28)29(23-43)30(33)35(44-46)24-14-8-5-9-15-24/h5-22H,1-4H3. The molecule has 2 aliphatic heterocycles. The van der Waals surface area contributed by atoms with Gasteiger partial charge in [0.25, 0.3) is 0 Å². The number of nitrogens with zero attached hydrogens (tertiary/aromatic N) is 4. The summed E-state index contributed by atoms with van der Waals surface area (Å²) in [5, 5.41) is 17.1. The molecule has 0 aliphatic carbocycles. The van der Waals surface area contributed by atoms with E-state index >= 15 is 0 Å². The van der Waals surface area contributed by atoms with E-state index < -0.39 is 51.8 Å². The molecule has 7 rings (SSSR count). The van der Waals surface area contributed by atoms with Gasteiger partial charge in [-0.3, -0.25) is 4.79 Å². The predicted molar refractivity (Wildman–Crippen MR) is 195 cm³/mol. The first kappa shape index (κ1) is 35.8. The van der Waals surface area contributed by atoms with E-state index in [9.17, 15) is 29.2 Å². The van der Waals surface area contributed by atoms with Crippen LogP contribution in [0.4, 0.5) is 0 Å². The zero-order valence-electron chi connectivity index (χ0n) is 29.9. The Labute approximate surface area is 313 Å². The molecule has 0 bridgehead atoms. The van der Waals surface area contributed by atoms with Gasteiger partial charge in [0.15, 0.2) is 11.5 Å². The van der Waals surface area contributed by atoms with Crippen molar-refractivity contribution in [2.75, 3.05) is 28.4 Å². The molecule has 4 heterocycles. The maximum Gasteiger partial charge on any atom is 0.357 e. The van der Waals surface area contributed by atoms with Crippen molar-refractivity contribution in [3.8, 4) is 6.07 Å². The van der Waals surface area contributed by atoms with Crippen molar-refractivity contribution in [1.82, 2.24) is 9.41 Å². The highest BCUT2D eigenvalue weighted by Gasteiger charge is 2.61. The first-order chi connectivity index (χ1) is 26.7. The van der Waals surface area contributed by atoms with Gasteiger partial charge in [-0.1, -0.05) is 91.0 Å². The molecule has 0 radical (unpaired) electrons. The number of aromatic nitrogens is 1. The molecule has 2 aromatic heterocycles. The van der Waals surface area contributed by atoms with Crippen LogP contribution in [0, 0.1) is 11.3 Å². The fraction of sp³-hybridized carbons (Fsp3) is 0.119. The lowest BCUT2D eigenvalue weighted by atomic mass is 9.68. The minimum Gasteiger partial charge on any atom is -0.466 e. The van der Waals surface area contributed by atoms with Crippen molar-refractivity contribution in [2.45, 2.75) is 5.54 Å². The molecule has 1 atom stereocenters. The summed E-state index contributed by atoms with van der Waals surface area (Å²) in [4.78, 5) is 70.8. The van der Waals surface area contributed by atoms with Crippen LogP contribution in [0.3, 0.4) is 0 Å². The molecule has 0 fully saturated rings. The average Bonchev–Trinajstić information content (AvgIpc) is 3.58. The van der Waals surface area contributed by atoms with Crippen LogP contribution >= 0.6 is 0 Å². The maximum atomic E-state index is 14.6. The maximum absolute atomic E-state index is 14.6. The molecule has 13 nitrogen and oxygen atoms in total. The number of benzene rings is 3. The molecule has 0 N–H and O–H groups in total. The van der Waals surface area contributed by atoms with Crippen molar-refractivity contribution in [2.24, 2.45) is 5.10 Å². The summed E-state index contributed by atoms with van der Waals surface area (Å²) in [5.41, 5.74) is -2.52. The van der Waals surface area contributed by atoms with E-state index in [0.29, 0.717) is 11.1 Å². The molecule has 2 aliphatic rings. The number of hydrogen-bond acceptors (Lipinski definition) is 12. The van der Waals surface area contributed by atoms with Gasteiger partial charge >= 0.3 is 23.9 Å². The summed E-state index contributed by atoms with van der Waals surface area (Å²) in [7, 11) is 4.24. The fourth-order valence-electron chi connectivity index (χ4n) is 7.30. The second-order valence-corrected chi connectivity index (χ2v) is 12.2. The van der Waals surface area contributed by atoms with Crippen LogP contribution in [0.1, 0.15) is 43.9 Å². The highest BCUT2D eigenvalue weighted by atomic mass is 16.5. The monoisotopic (exact) mass is 734 g/mol. The van der Waals surface area contributed by atoms with Gasteiger partial charge in [0, 0.05) is 34.0 Å². The normalized spacial score (nSPS) is 16.0. The molecule has 55 heavy (non-hydrogen) atoms. The van der Waals surface area contributed by atoms with Gasteiger partial charge < -0.3 is 23.3 Å². The number of rotatable bonds is 8. The number of ketones is 1. The molecule has 1 unspecified atom stereocenters. The summed E-state index contributed by atoms with van der Waals surface area (Å²) >= 11 is 0. The Hall–Kier alpha value is -7.59. The zero-order chi connectivity index (χ0) is 39.0. The van der Waals surface area contributed by atoms with Gasteiger partial charge in [-0.2, -0.15) is 10.4 Å². The number of pyridine rings is 1. The van der Waals surface area contributed by atoms with E-state index in [4.69, 9.17) is 24.0 Å². The quantitative estimate of drug-likeness (QED) is 0.124. The van der Waals surface area contributed by atoms with Gasteiger partial charge in [-0.15, -0.1) is 0 Å². The lowest BCUT2D eigenvalue weighted by Gasteiger charge is -2.49. The van der Waals surface area contributed by atoms with Crippen LogP contribution in [0.15, 0.2) is 137 Å². The van der Waals surface area contributed by atoms with E-state index in [0.717, 1.165) is 33.4 Å². The summed E-state index contributed by atoms with van der Waals surface area (Å²) in [6.45, 7) is 0. The van der Waals surface area contributed by atoms with Crippen molar-refractivity contribution in [3.05, 3.63) is 171 Å². The first-order valence-electron chi connectivity index (χ1n) is 16.7. The van der Waals surface area contributed by atoms with Gasteiger partial charge in [-0.05, 0) is 17.7 Å². The van der Waals surface area contributed by atoms with E-state index in [1.807, 2.05) is 0 Å². The summed E-state index contributed by atoms with van der Waals surface area (Å²) in [6.07, 6.45) is 1.55. The largest absolute Gasteiger partial charge is 0.466 e. The van der Waals surface area contributed by atoms with Crippen LogP contribution in [0.5, 0.6) is 0 Å². The summed E-state index contributed by atoms with van der Waals surface area (Å²) in [6, 6.07) is 31.0. The molecule has 0 saturated carbocycles. The van der Waals surface area contributed by atoms with E-state index in [2.05, 4.69) is 6.07 Å². The number of carbonyl (C=O) groups excluding carboxylic acids is 5. The molecule has 0 saturated heterocycles. The third-order valence-electron chi connectivity index (χ3n) is 9.56. The molecule has 0 spiro atoms. The van der Waals surface area contributed by atoms with Crippen molar-refractivity contribution in [3.63, 3.8) is 0 Å². The number of carbonyl (C=O) groups is 5. The Morgan fingerprint density at radius 1 is 0.673 bits per heavy atom. The lowest BCUT2D eigenvalue weighted by molar-refractivity contribution is -0.145. The van der Waals surface area contributed by atoms with Crippen LogP contribution < -0.4 is 0 Å². The molecule has 272 valence electrons. The molecule has 5 aromatic rings. The van der Waals surface area contributed by atoms with Crippen LogP contribution in [0.2, 0.25) is 0 Å². The Bertz CT molecular complexity index is 2580. The van der Waals surface area contributed by atoms with Crippen LogP contribution in [-0.2, 0) is 43.7 Å². The highest BCUT2D eigenvalue weighted by molar-refractivity contribution is 6.22. The molecule has 13 heteroatoms.